The summed E-state index contributed by atoms with van der Waals surface area (Å²) >= 11 is 0. The molecule has 3 rings (SSSR count). The number of para-hydroxylation sites is 2. The number of carbonyl (C=O) groups excluding carboxylic acids is 1. The van der Waals surface area contributed by atoms with Gasteiger partial charge >= 0.3 is 0 Å². The molecule has 27 heavy (non-hydrogen) atoms. The van der Waals surface area contributed by atoms with Crippen LogP contribution in [0.5, 0.6) is 5.75 Å². The molecule has 1 aromatic heterocycles. The van der Waals surface area contributed by atoms with Crippen LogP contribution in [0.3, 0.4) is 0 Å². The number of hydrogen-bond acceptors (Lipinski definition) is 5. The summed E-state index contributed by atoms with van der Waals surface area (Å²) in [6.45, 7) is 4.98. The number of rotatable bonds is 9. The standard InChI is InChI=1S/C21H29N3O3/c1-16(14-21(25)23-17-8-3-4-9-19(17)26-2)22-15-18(20-10-7-13-27-20)24-11-5-6-12-24/h3-4,7-10,13,16,18,22H,5-6,11-12,14-15H2,1-2H3,(H,23,25)/t16-,18-/m1/s1. The fraction of sp³-hybridized carbons (Fsp3) is 0.476. The Hall–Kier alpha value is -2.31. The highest BCUT2D eigenvalue weighted by molar-refractivity contribution is 5.92. The topological polar surface area (TPSA) is 66.7 Å². The third-order valence-electron chi connectivity index (χ3n) is 4.99. The first-order valence-corrected chi connectivity index (χ1v) is 9.61. The number of hydrogen-bond donors (Lipinski definition) is 2. The third kappa shape index (κ3) is 5.34. The van der Waals surface area contributed by atoms with Gasteiger partial charge in [0.25, 0.3) is 0 Å². The molecule has 1 fully saturated rings. The molecule has 146 valence electrons. The van der Waals surface area contributed by atoms with Crippen molar-refractivity contribution in [2.24, 2.45) is 0 Å². The normalized spacial score (nSPS) is 16.8. The Bertz CT molecular complexity index is 711. The van der Waals surface area contributed by atoms with E-state index in [-0.39, 0.29) is 18.0 Å². The number of methoxy groups -OCH3 is 1. The number of nitrogens with one attached hydrogen (secondary N) is 2. The molecule has 6 nitrogen and oxygen atoms in total. The molecule has 0 saturated carbocycles. The monoisotopic (exact) mass is 371 g/mol. The average molecular weight is 371 g/mol. The minimum Gasteiger partial charge on any atom is -0.495 e. The number of furan rings is 1. The van der Waals surface area contributed by atoms with E-state index in [9.17, 15) is 4.79 Å². The van der Waals surface area contributed by atoms with Gasteiger partial charge in [0.15, 0.2) is 0 Å². The maximum absolute atomic E-state index is 12.4. The van der Waals surface area contributed by atoms with Crippen molar-refractivity contribution in [1.29, 1.82) is 0 Å². The quantitative estimate of drug-likeness (QED) is 0.707. The number of anilines is 1. The molecule has 0 unspecified atom stereocenters. The van der Waals surface area contributed by atoms with Gasteiger partial charge in [-0.15, -0.1) is 0 Å². The Balaban J connectivity index is 1.51. The predicted molar refractivity (Wildman–Crippen MR) is 106 cm³/mol. The molecule has 0 aliphatic carbocycles. The van der Waals surface area contributed by atoms with Crippen LogP contribution in [0, 0.1) is 0 Å². The molecule has 1 saturated heterocycles. The van der Waals surface area contributed by atoms with Crippen molar-refractivity contribution in [3.05, 3.63) is 48.4 Å². The van der Waals surface area contributed by atoms with Crippen molar-refractivity contribution >= 4 is 11.6 Å². The Morgan fingerprint density at radius 2 is 2.00 bits per heavy atom. The minimum absolute atomic E-state index is 0.0322. The summed E-state index contributed by atoms with van der Waals surface area (Å²) in [7, 11) is 1.60. The van der Waals surface area contributed by atoms with E-state index >= 15 is 0 Å². The van der Waals surface area contributed by atoms with Crippen LogP contribution >= 0.6 is 0 Å². The van der Waals surface area contributed by atoms with Crippen molar-refractivity contribution in [2.75, 3.05) is 32.1 Å². The predicted octanol–water partition coefficient (Wildman–Crippen LogP) is 3.43. The highest BCUT2D eigenvalue weighted by Crippen LogP contribution is 2.25. The molecule has 1 aromatic carbocycles. The van der Waals surface area contributed by atoms with Gasteiger partial charge in [-0.25, -0.2) is 0 Å². The lowest BCUT2D eigenvalue weighted by Crippen LogP contribution is -2.39. The summed E-state index contributed by atoms with van der Waals surface area (Å²) in [5, 5.41) is 6.43. The van der Waals surface area contributed by atoms with Crippen LogP contribution in [-0.4, -0.2) is 43.6 Å². The van der Waals surface area contributed by atoms with E-state index in [4.69, 9.17) is 9.15 Å². The van der Waals surface area contributed by atoms with Crippen LogP contribution in [0.25, 0.3) is 0 Å². The van der Waals surface area contributed by atoms with Crippen molar-refractivity contribution in [2.45, 2.75) is 38.3 Å². The molecule has 0 radical (unpaired) electrons. The lowest BCUT2D eigenvalue weighted by molar-refractivity contribution is -0.116. The average Bonchev–Trinajstić information content (AvgIpc) is 3.37. The van der Waals surface area contributed by atoms with Crippen LogP contribution < -0.4 is 15.4 Å². The summed E-state index contributed by atoms with van der Waals surface area (Å²) < 4.78 is 10.9. The van der Waals surface area contributed by atoms with Crippen LogP contribution in [0.15, 0.2) is 47.1 Å². The highest BCUT2D eigenvalue weighted by Gasteiger charge is 2.26. The second-order valence-corrected chi connectivity index (χ2v) is 7.04. The molecular weight excluding hydrogens is 342 g/mol. The van der Waals surface area contributed by atoms with Gasteiger partial charge < -0.3 is 19.8 Å². The van der Waals surface area contributed by atoms with Crippen molar-refractivity contribution in [1.82, 2.24) is 10.2 Å². The van der Waals surface area contributed by atoms with Crippen LogP contribution in [0.1, 0.15) is 38.0 Å². The molecule has 2 atom stereocenters. The largest absolute Gasteiger partial charge is 0.495 e. The van der Waals surface area contributed by atoms with E-state index in [1.54, 1.807) is 13.4 Å². The van der Waals surface area contributed by atoms with Gasteiger partial charge in [0.2, 0.25) is 5.91 Å². The summed E-state index contributed by atoms with van der Waals surface area (Å²) in [6.07, 6.45) is 4.58. The summed E-state index contributed by atoms with van der Waals surface area (Å²) in [5.41, 5.74) is 0.697. The molecule has 1 amide bonds. The first kappa shape index (κ1) is 19.5. The molecule has 0 spiro atoms. The van der Waals surface area contributed by atoms with E-state index in [0.717, 1.165) is 25.4 Å². The fourth-order valence-electron chi connectivity index (χ4n) is 3.56. The molecule has 0 bridgehead atoms. The SMILES string of the molecule is COc1ccccc1NC(=O)C[C@@H](C)NC[C@H](c1ccco1)N1CCCC1. The maximum Gasteiger partial charge on any atom is 0.226 e. The Kier molecular flexibility index (Phi) is 6.90. The van der Waals surface area contributed by atoms with Crippen LogP contribution in [0.2, 0.25) is 0 Å². The van der Waals surface area contributed by atoms with Crippen LogP contribution in [-0.2, 0) is 4.79 Å². The summed E-state index contributed by atoms with van der Waals surface area (Å²) in [6, 6.07) is 11.7. The lowest BCUT2D eigenvalue weighted by atomic mass is 10.1. The van der Waals surface area contributed by atoms with Gasteiger partial charge in [0.05, 0.1) is 25.1 Å². The van der Waals surface area contributed by atoms with Gasteiger partial charge in [-0.3, -0.25) is 9.69 Å². The van der Waals surface area contributed by atoms with E-state index in [1.165, 1.54) is 12.8 Å². The number of ether oxygens (including phenoxy) is 1. The van der Waals surface area contributed by atoms with Gasteiger partial charge in [-0.1, -0.05) is 12.1 Å². The van der Waals surface area contributed by atoms with E-state index in [2.05, 4.69) is 15.5 Å². The Morgan fingerprint density at radius 3 is 2.70 bits per heavy atom. The molecule has 2 N–H and O–H groups in total. The van der Waals surface area contributed by atoms with E-state index in [1.807, 2.05) is 43.3 Å². The molecule has 1 aliphatic rings. The Labute approximate surface area is 160 Å². The first-order chi connectivity index (χ1) is 13.2. The van der Waals surface area contributed by atoms with Gasteiger partial charge in [0, 0.05) is 19.0 Å². The number of benzene rings is 1. The first-order valence-electron chi connectivity index (χ1n) is 9.61. The smallest absolute Gasteiger partial charge is 0.226 e. The second-order valence-electron chi connectivity index (χ2n) is 7.04. The number of nitrogens with zero attached hydrogens (tertiary/aromatic N) is 1. The number of amides is 1. The van der Waals surface area contributed by atoms with E-state index in [0.29, 0.717) is 17.9 Å². The molecule has 2 heterocycles. The zero-order valence-electron chi connectivity index (χ0n) is 16.1. The zero-order chi connectivity index (χ0) is 19.1. The second kappa shape index (κ2) is 9.58. The molecule has 1 aliphatic heterocycles. The molecule has 6 heteroatoms. The molecule has 2 aromatic rings. The number of likely N-dealkylation sites (tertiary alicyclic amines) is 1. The number of carbonyl (C=O) groups is 1. The van der Waals surface area contributed by atoms with Crippen molar-refractivity contribution in [3.63, 3.8) is 0 Å². The fourth-order valence-corrected chi connectivity index (χ4v) is 3.56. The van der Waals surface area contributed by atoms with Crippen LogP contribution in [0.4, 0.5) is 5.69 Å². The highest BCUT2D eigenvalue weighted by atomic mass is 16.5. The zero-order valence-corrected chi connectivity index (χ0v) is 16.1. The lowest BCUT2D eigenvalue weighted by Gasteiger charge is -2.27. The molecular formula is C21H29N3O3. The summed E-state index contributed by atoms with van der Waals surface area (Å²) in [5.74, 6) is 1.61. The van der Waals surface area contributed by atoms with Crippen molar-refractivity contribution in [3.8, 4) is 5.75 Å². The van der Waals surface area contributed by atoms with E-state index < -0.39 is 0 Å². The Morgan fingerprint density at radius 1 is 1.22 bits per heavy atom. The van der Waals surface area contributed by atoms with Gasteiger partial charge in [-0.05, 0) is 57.1 Å². The maximum atomic E-state index is 12.4. The summed E-state index contributed by atoms with van der Waals surface area (Å²) in [4.78, 5) is 14.8. The van der Waals surface area contributed by atoms with Gasteiger partial charge in [-0.2, -0.15) is 0 Å². The third-order valence-corrected chi connectivity index (χ3v) is 4.99. The van der Waals surface area contributed by atoms with Gasteiger partial charge in [0.1, 0.15) is 11.5 Å². The van der Waals surface area contributed by atoms with Crippen molar-refractivity contribution < 1.29 is 13.9 Å². The minimum atomic E-state index is -0.0322.